The third kappa shape index (κ3) is 3.74. The van der Waals surface area contributed by atoms with Gasteiger partial charge in [-0.1, -0.05) is 13.8 Å². The topological polar surface area (TPSA) is 55.4 Å². The summed E-state index contributed by atoms with van der Waals surface area (Å²) in [6.45, 7) is 6.16. The van der Waals surface area contributed by atoms with E-state index in [0.717, 1.165) is 5.75 Å². The Morgan fingerprint density at radius 2 is 2.13 bits per heavy atom. The zero-order valence-electron chi connectivity index (χ0n) is 9.33. The van der Waals surface area contributed by atoms with Crippen LogP contribution < -0.4 is 5.32 Å². The van der Waals surface area contributed by atoms with Crippen molar-refractivity contribution in [3.8, 4) is 0 Å². The number of carbonyl (C=O) groups excluding carboxylic acids is 2. The predicted molar refractivity (Wildman–Crippen MR) is 59.7 cm³/mol. The van der Waals surface area contributed by atoms with Crippen molar-refractivity contribution in [1.82, 2.24) is 5.32 Å². The fourth-order valence-corrected chi connectivity index (χ4v) is 1.41. The largest absolute Gasteiger partial charge is 0.463 e. The Bertz CT molecular complexity index is 261. The van der Waals surface area contributed by atoms with E-state index in [4.69, 9.17) is 4.74 Å². The fraction of sp³-hybridized carbons (Fsp3) is 0.800. The van der Waals surface area contributed by atoms with Gasteiger partial charge in [-0.2, -0.15) is 0 Å². The second-order valence-corrected chi connectivity index (χ2v) is 5.58. The molecule has 4 nitrogen and oxygen atoms in total. The summed E-state index contributed by atoms with van der Waals surface area (Å²) in [7, 11) is 0. The molecule has 1 unspecified atom stereocenters. The van der Waals surface area contributed by atoms with Crippen LogP contribution in [0.25, 0.3) is 0 Å². The zero-order chi connectivity index (χ0) is 11.5. The summed E-state index contributed by atoms with van der Waals surface area (Å²) in [5.74, 6) is 0.617. The molecule has 1 N–H and O–H groups in total. The van der Waals surface area contributed by atoms with E-state index in [1.54, 1.807) is 11.8 Å². The van der Waals surface area contributed by atoms with Crippen LogP contribution in [0, 0.1) is 5.92 Å². The van der Waals surface area contributed by atoms with E-state index in [-0.39, 0.29) is 29.1 Å². The average molecular weight is 231 g/mol. The van der Waals surface area contributed by atoms with Crippen molar-refractivity contribution in [2.45, 2.75) is 25.5 Å². The van der Waals surface area contributed by atoms with Crippen molar-refractivity contribution in [2.75, 3.05) is 18.9 Å². The number of ether oxygens (including phenoxy) is 1. The van der Waals surface area contributed by atoms with Crippen molar-refractivity contribution in [2.24, 2.45) is 5.92 Å². The summed E-state index contributed by atoms with van der Waals surface area (Å²) < 4.78 is 4.71. The number of thioether (sulfide) groups is 1. The first-order chi connectivity index (χ1) is 6.96. The van der Waals surface area contributed by atoms with E-state index in [9.17, 15) is 9.59 Å². The van der Waals surface area contributed by atoms with Gasteiger partial charge in [-0.05, 0) is 6.92 Å². The van der Waals surface area contributed by atoms with Crippen LogP contribution in [0.3, 0.4) is 0 Å². The monoisotopic (exact) mass is 231 g/mol. The Morgan fingerprint density at radius 3 is 2.60 bits per heavy atom. The summed E-state index contributed by atoms with van der Waals surface area (Å²) >= 11 is 1.59. The molecule has 0 spiro atoms. The number of hydrogen-bond acceptors (Lipinski definition) is 4. The SMILES string of the molecule is CC(C)C(=O)NCCOC(=O)C1(C)CS1. The van der Waals surface area contributed by atoms with Crippen LogP contribution in [0.1, 0.15) is 20.8 Å². The van der Waals surface area contributed by atoms with Crippen molar-refractivity contribution in [3.05, 3.63) is 0 Å². The number of nitrogens with one attached hydrogen (secondary N) is 1. The van der Waals surface area contributed by atoms with Crippen LogP contribution in [-0.2, 0) is 14.3 Å². The number of rotatable bonds is 5. The number of amides is 1. The van der Waals surface area contributed by atoms with Crippen LogP contribution in [0.4, 0.5) is 0 Å². The molecule has 0 aliphatic carbocycles. The summed E-state index contributed by atoms with van der Waals surface area (Å²) in [5.41, 5.74) is 0. The fourth-order valence-electron chi connectivity index (χ4n) is 0.901. The first-order valence-electron chi connectivity index (χ1n) is 5.04. The van der Waals surface area contributed by atoms with Crippen LogP contribution in [-0.4, -0.2) is 35.5 Å². The highest BCUT2D eigenvalue weighted by atomic mass is 32.2. The summed E-state index contributed by atoms with van der Waals surface area (Å²) in [6, 6.07) is 0. The molecule has 1 heterocycles. The van der Waals surface area contributed by atoms with Crippen LogP contribution in [0.2, 0.25) is 0 Å². The number of hydrogen-bond donors (Lipinski definition) is 1. The zero-order valence-corrected chi connectivity index (χ0v) is 10.1. The number of carbonyl (C=O) groups is 2. The summed E-state index contributed by atoms with van der Waals surface area (Å²) in [4.78, 5) is 22.5. The number of esters is 1. The van der Waals surface area contributed by atoms with Gasteiger partial charge in [0.2, 0.25) is 5.91 Å². The molecule has 1 saturated heterocycles. The van der Waals surface area contributed by atoms with Gasteiger partial charge in [-0.25, -0.2) is 0 Å². The standard InChI is InChI=1S/C10H17NO3S/c1-7(2)8(12)11-4-5-14-9(13)10(3)6-15-10/h7H,4-6H2,1-3H3,(H,11,12). The summed E-state index contributed by atoms with van der Waals surface area (Å²) in [5, 5.41) is 2.69. The highest BCUT2D eigenvalue weighted by Gasteiger charge is 2.47. The molecule has 1 aliphatic heterocycles. The lowest BCUT2D eigenvalue weighted by Crippen LogP contribution is -2.32. The molecule has 1 aliphatic rings. The van der Waals surface area contributed by atoms with Crippen molar-refractivity contribution in [1.29, 1.82) is 0 Å². The molecule has 1 fully saturated rings. The van der Waals surface area contributed by atoms with Gasteiger partial charge in [0.05, 0.1) is 6.54 Å². The Balaban J connectivity index is 2.07. The molecule has 0 radical (unpaired) electrons. The Labute approximate surface area is 94.1 Å². The van der Waals surface area contributed by atoms with E-state index in [1.165, 1.54) is 0 Å². The Kier molecular flexibility index (Phi) is 4.02. The lowest BCUT2D eigenvalue weighted by atomic mass is 10.2. The van der Waals surface area contributed by atoms with Gasteiger partial charge in [0.25, 0.3) is 0 Å². The molecule has 0 aromatic rings. The first kappa shape index (κ1) is 12.4. The minimum Gasteiger partial charge on any atom is -0.463 e. The van der Waals surface area contributed by atoms with Gasteiger partial charge in [0, 0.05) is 11.7 Å². The van der Waals surface area contributed by atoms with E-state index in [1.807, 2.05) is 20.8 Å². The predicted octanol–water partition coefficient (Wildman–Crippen LogP) is 0.807. The molecule has 1 rings (SSSR count). The maximum Gasteiger partial charge on any atom is 0.322 e. The van der Waals surface area contributed by atoms with Gasteiger partial charge < -0.3 is 10.1 Å². The van der Waals surface area contributed by atoms with Crippen LogP contribution >= 0.6 is 11.8 Å². The molecule has 1 atom stereocenters. The van der Waals surface area contributed by atoms with E-state index >= 15 is 0 Å². The molecule has 1 amide bonds. The lowest BCUT2D eigenvalue weighted by Gasteiger charge is -2.10. The van der Waals surface area contributed by atoms with Crippen molar-refractivity contribution >= 4 is 23.6 Å². The molecule has 86 valence electrons. The normalized spacial score (nSPS) is 23.7. The summed E-state index contributed by atoms with van der Waals surface area (Å²) in [6.07, 6.45) is 0. The van der Waals surface area contributed by atoms with E-state index in [2.05, 4.69) is 5.32 Å². The lowest BCUT2D eigenvalue weighted by molar-refractivity contribution is -0.145. The van der Waals surface area contributed by atoms with Crippen LogP contribution in [0.5, 0.6) is 0 Å². The highest BCUT2D eigenvalue weighted by Crippen LogP contribution is 2.44. The minimum absolute atomic E-state index is 0.0157. The van der Waals surface area contributed by atoms with Gasteiger partial charge in [0.15, 0.2) is 0 Å². The van der Waals surface area contributed by atoms with Crippen molar-refractivity contribution < 1.29 is 14.3 Å². The third-order valence-electron chi connectivity index (χ3n) is 2.17. The molecule has 15 heavy (non-hydrogen) atoms. The molecular formula is C10H17NO3S. The molecule has 0 bridgehead atoms. The molecule has 0 aromatic heterocycles. The van der Waals surface area contributed by atoms with E-state index < -0.39 is 0 Å². The van der Waals surface area contributed by atoms with Gasteiger partial charge in [-0.3, -0.25) is 9.59 Å². The van der Waals surface area contributed by atoms with Crippen molar-refractivity contribution in [3.63, 3.8) is 0 Å². The highest BCUT2D eigenvalue weighted by molar-refractivity contribution is 8.08. The quantitative estimate of drug-likeness (QED) is 0.432. The maximum atomic E-state index is 11.3. The maximum absolute atomic E-state index is 11.3. The van der Waals surface area contributed by atoms with Gasteiger partial charge in [0.1, 0.15) is 11.4 Å². The molecule has 5 heteroatoms. The third-order valence-corrected chi connectivity index (χ3v) is 3.49. The average Bonchev–Trinajstić information content (AvgIpc) is 2.91. The van der Waals surface area contributed by atoms with Crippen LogP contribution in [0.15, 0.2) is 0 Å². The first-order valence-corrected chi connectivity index (χ1v) is 6.03. The molecule has 0 aromatic carbocycles. The molecular weight excluding hydrogens is 214 g/mol. The second kappa shape index (κ2) is 4.88. The van der Waals surface area contributed by atoms with Gasteiger partial charge in [-0.15, -0.1) is 11.8 Å². The Hall–Kier alpha value is -0.710. The minimum atomic E-state index is -0.317. The Morgan fingerprint density at radius 1 is 1.53 bits per heavy atom. The molecule has 0 saturated carbocycles. The van der Waals surface area contributed by atoms with Gasteiger partial charge >= 0.3 is 5.97 Å². The second-order valence-electron chi connectivity index (χ2n) is 4.10. The smallest absolute Gasteiger partial charge is 0.322 e. The van der Waals surface area contributed by atoms with E-state index in [0.29, 0.717) is 6.54 Å².